The zero-order valence-electron chi connectivity index (χ0n) is 14.3. The van der Waals surface area contributed by atoms with Crippen LogP contribution in [0, 0.1) is 12.7 Å². The first-order valence-corrected chi connectivity index (χ1v) is 9.88. The Balaban J connectivity index is 1.92. The molecule has 6 nitrogen and oxygen atoms in total. The summed E-state index contributed by atoms with van der Waals surface area (Å²) in [6, 6.07) is 10.9. The molecule has 0 aliphatic carbocycles. The number of benzene rings is 2. The van der Waals surface area contributed by atoms with Crippen molar-refractivity contribution >= 4 is 26.7 Å². The summed E-state index contributed by atoms with van der Waals surface area (Å²) in [6.07, 6.45) is 0. The van der Waals surface area contributed by atoms with Gasteiger partial charge in [0.05, 0.1) is 11.2 Å². The van der Waals surface area contributed by atoms with E-state index in [9.17, 15) is 12.8 Å². The Labute approximate surface area is 151 Å². The van der Waals surface area contributed by atoms with Gasteiger partial charge >= 0.3 is 0 Å². The number of halogens is 1. The second-order valence-electron chi connectivity index (χ2n) is 6.24. The fourth-order valence-corrected chi connectivity index (χ4v) is 4.95. The van der Waals surface area contributed by atoms with E-state index in [0.717, 1.165) is 41.9 Å². The van der Waals surface area contributed by atoms with E-state index < -0.39 is 15.8 Å². The van der Waals surface area contributed by atoms with Crippen molar-refractivity contribution in [3.63, 3.8) is 0 Å². The van der Waals surface area contributed by atoms with Crippen LogP contribution in [0.3, 0.4) is 0 Å². The predicted octanol–water partition coefficient (Wildman–Crippen LogP) is 2.13. The van der Waals surface area contributed by atoms with Gasteiger partial charge in [-0.2, -0.15) is 0 Å². The molecule has 1 fully saturated rings. The summed E-state index contributed by atoms with van der Waals surface area (Å²) in [5, 5.41) is 3.30. The molecule has 0 bridgehead atoms. The van der Waals surface area contributed by atoms with Crippen molar-refractivity contribution in [1.82, 2.24) is 14.3 Å². The number of rotatable bonds is 3. The molecular formula is C18H19FN4O2S. The lowest BCUT2D eigenvalue weighted by Gasteiger charge is -2.29. The van der Waals surface area contributed by atoms with Crippen LogP contribution in [-0.2, 0) is 10.0 Å². The summed E-state index contributed by atoms with van der Waals surface area (Å²) in [5.41, 5.74) is 1.98. The molecule has 1 N–H and O–H groups in total. The Morgan fingerprint density at radius 1 is 1.08 bits per heavy atom. The monoisotopic (exact) mass is 374 g/mol. The maximum Gasteiger partial charge on any atom is 0.272 e. The van der Waals surface area contributed by atoms with Gasteiger partial charge < -0.3 is 10.2 Å². The number of piperazine rings is 1. The van der Waals surface area contributed by atoms with Crippen LogP contribution in [-0.4, -0.2) is 43.6 Å². The summed E-state index contributed by atoms with van der Waals surface area (Å²) >= 11 is 0. The smallest absolute Gasteiger partial charge is 0.272 e. The fourth-order valence-electron chi connectivity index (χ4n) is 3.40. The number of nitrogens with one attached hydrogen (secondary N) is 1. The van der Waals surface area contributed by atoms with Crippen LogP contribution in [0.2, 0.25) is 0 Å². The molecule has 1 aliphatic rings. The van der Waals surface area contributed by atoms with Crippen molar-refractivity contribution in [3.05, 3.63) is 54.1 Å². The Morgan fingerprint density at radius 2 is 1.81 bits per heavy atom. The standard InChI is InChI=1S/C18H19FN4O2S/c1-13-21-18-15(22-11-9-20-10-12-22)6-4-7-16(18)23(13)26(24,25)17-8-3-2-5-14(17)19/h2-8,20H,9-12H2,1H3. The summed E-state index contributed by atoms with van der Waals surface area (Å²) < 4.78 is 41.5. The van der Waals surface area contributed by atoms with Gasteiger partial charge in [-0.25, -0.2) is 21.8 Å². The van der Waals surface area contributed by atoms with Gasteiger partial charge in [0, 0.05) is 26.2 Å². The lowest BCUT2D eigenvalue weighted by atomic mass is 10.2. The van der Waals surface area contributed by atoms with Gasteiger partial charge in [-0.3, -0.25) is 0 Å². The number of anilines is 1. The van der Waals surface area contributed by atoms with Crippen LogP contribution >= 0.6 is 0 Å². The van der Waals surface area contributed by atoms with Gasteiger partial charge in [-0.1, -0.05) is 18.2 Å². The van der Waals surface area contributed by atoms with E-state index in [1.807, 2.05) is 12.1 Å². The molecule has 0 spiro atoms. The minimum absolute atomic E-state index is 0.311. The van der Waals surface area contributed by atoms with E-state index in [1.165, 1.54) is 18.2 Å². The number of hydrogen-bond acceptors (Lipinski definition) is 5. The lowest BCUT2D eigenvalue weighted by molar-refractivity contribution is 0.561. The Kier molecular flexibility index (Phi) is 4.16. The third-order valence-corrected chi connectivity index (χ3v) is 6.42. The predicted molar refractivity (Wildman–Crippen MR) is 98.5 cm³/mol. The fraction of sp³-hybridized carbons (Fsp3) is 0.278. The number of fused-ring (bicyclic) bond motifs is 1. The average Bonchev–Trinajstić information content (AvgIpc) is 2.99. The number of para-hydroxylation sites is 1. The molecule has 0 saturated carbocycles. The highest BCUT2D eigenvalue weighted by molar-refractivity contribution is 7.90. The zero-order valence-corrected chi connectivity index (χ0v) is 15.1. The minimum Gasteiger partial charge on any atom is -0.367 e. The minimum atomic E-state index is -4.08. The number of imidazole rings is 1. The van der Waals surface area contributed by atoms with E-state index >= 15 is 0 Å². The second kappa shape index (κ2) is 6.37. The molecule has 1 aromatic heterocycles. The maximum absolute atomic E-state index is 14.2. The summed E-state index contributed by atoms with van der Waals surface area (Å²) in [5.74, 6) is -0.460. The highest BCUT2D eigenvalue weighted by Crippen LogP contribution is 2.30. The normalized spacial score (nSPS) is 15.5. The third kappa shape index (κ3) is 2.65. The first kappa shape index (κ1) is 17.0. The molecule has 3 aromatic rings. The average molecular weight is 374 g/mol. The van der Waals surface area contributed by atoms with Crippen molar-refractivity contribution in [1.29, 1.82) is 0 Å². The van der Waals surface area contributed by atoms with E-state index in [-0.39, 0.29) is 4.90 Å². The zero-order chi connectivity index (χ0) is 18.3. The van der Waals surface area contributed by atoms with Crippen LogP contribution in [0.15, 0.2) is 47.4 Å². The van der Waals surface area contributed by atoms with Crippen LogP contribution in [0.1, 0.15) is 5.82 Å². The van der Waals surface area contributed by atoms with Crippen molar-refractivity contribution in [2.45, 2.75) is 11.8 Å². The number of aromatic nitrogens is 2. The molecule has 1 saturated heterocycles. The third-order valence-electron chi connectivity index (χ3n) is 4.59. The molecule has 0 atom stereocenters. The summed E-state index contributed by atoms with van der Waals surface area (Å²) in [7, 11) is -4.08. The highest BCUT2D eigenvalue weighted by atomic mass is 32.2. The second-order valence-corrected chi connectivity index (χ2v) is 8.00. The molecule has 1 aliphatic heterocycles. The molecule has 2 aromatic carbocycles. The molecule has 2 heterocycles. The van der Waals surface area contributed by atoms with Gasteiger partial charge in [0.15, 0.2) is 0 Å². The SMILES string of the molecule is Cc1nc2c(N3CCNCC3)cccc2n1S(=O)(=O)c1ccccc1F. The molecule has 0 amide bonds. The van der Waals surface area contributed by atoms with Crippen molar-refractivity contribution in [2.75, 3.05) is 31.1 Å². The summed E-state index contributed by atoms with van der Waals surface area (Å²) in [4.78, 5) is 6.34. The molecule has 0 unspecified atom stereocenters. The van der Waals surface area contributed by atoms with Gasteiger partial charge in [0.1, 0.15) is 22.1 Å². The van der Waals surface area contributed by atoms with Gasteiger partial charge in [0.25, 0.3) is 10.0 Å². The van der Waals surface area contributed by atoms with E-state index in [1.54, 1.807) is 13.0 Å². The highest BCUT2D eigenvalue weighted by Gasteiger charge is 2.27. The molecule has 26 heavy (non-hydrogen) atoms. The molecule has 8 heteroatoms. The van der Waals surface area contributed by atoms with Crippen LogP contribution < -0.4 is 10.2 Å². The van der Waals surface area contributed by atoms with E-state index in [4.69, 9.17) is 0 Å². The van der Waals surface area contributed by atoms with Crippen LogP contribution in [0.5, 0.6) is 0 Å². The van der Waals surface area contributed by atoms with E-state index in [0.29, 0.717) is 16.9 Å². The first-order chi connectivity index (χ1) is 12.5. The van der Waals surface area contributed by atoms with Crippen molar-refractivity contribution < 1.29 is 12.8 Å². The van der Waals surface area contributed by atoms with Crippen LogP contribution in [0.25, 0.3) is 11.0 Å². The largest absolute Gasteiger partial charge is 0.367 e. The Bertz CT molecular complexity index is 1070. The number of nitrogens with zero attached hydrogens (tertiary/aromatic N) is 3. The van der Waals surface area contributed by atoms with Gasteiger partial charge in [-0.15, -0.1) is 0 Å². The first-order valence-electron chi connectivity index (χ1n) is 8.44. The maximum atomic E-state index is 14.2. The van der Waals surface area contributed by atoms with Crippen molar-refractivity contribution in [2.24, 2.45) is 0 Å². The molecule has 4 rings (SSSR count). The van der Waals surface area contributed by atoms with Gasteiger partial charge in [0.2, 0.25) is 0 Å². The van der Waals surface area contributed by atoms with Crippen molar-refractivity contribution in [3.8, 4) is 0 Å². The van der Waals surface area contributed by atoms with Gasteiger partial charge in [-0.05, 0) is 31.2 Å². The quantitative estimate of drug-likeness (QED) is 0.761. The topological polar surface area (TPSA) is 67.2 Å². The molecule has 136 valence electrons. The number of aryl methyl sites for hydroxylation is 1. The molecule has 0 radical (unpaired) electrons. The Hall–Kier alpha value is -2.45. The van der Waals surface area contributed by atoms with E-state index in [2.05, 4.69) is 15.2 Å². The summed E-state index contributed by atoms with van der Waals surface area (Å²) in [6.45, 7) is 5.00. The lowest BCUT2D eigenvalue weighted by Crippen LogP contribution is -2.43. The van der Waals surface area contributed by atoms with Crippen LogP contribution in [0.4, 0.5) is 10.1 Å². The Morgan fingerprint density at radius 3 is 2.54 bits per heavy atom. The molecular weight excluding hydrogens is 355 g/mol. The number of hydrogen-bond donors (Lipinski definition) is 1.